The summed E-state index contributed by atoms with van der Waals surface area (Å²) in [5.74, 6) is 1.19. The Bertz CT molecular complexity index is 859. The molecule has 1 saturated heterocycles. The molecular weight excluding hydrogens is 374 g/mol. The summed E-state index contributed by atoms with van der Waals surface area (Å²) >= 11 is 0. The number of fused-ring (bicyclic) bond motifs is 1. The van der Waals surface area contributed by atoms with Crippen LogP contribution in [0.4, 0.5) is 0 Å². The maximum absolute atomic E-state index is 12.7. The number of amides is 1. The van der Waals surface area contributed by atoms with E-state index in [4.69, 9.17) is 0 Å². The van der Waals surface area contributed by atoms with Gasteiger partial charge < -0.3 is 0 Å². The van der Waals surface area contributed by atoms with Crippen molar-refractivity contribution in [1.29, 1.82) is 0 Å². The van der Waals surface area contributed by atoms with Gasteiger partial charge in [0.1, 0.15) is 0 Å². The molecule has 1 amide bonds. The first kappa shape index (κ1) is 19.6. The molecule has 4 rings (SSSR count). The normalized spacial score (nSPS) is 27.5. The summed E-state index contributed by atoms with van der Waals surface area (Å²) < 4.78 is 26.9. The largest absolute Gasteiger partial charge is 0.271 e. The molecule has 1 N–H and O–H groups in total. The third kappa shape index (κ3) is 4.15. The highest BCUT2D eigenvalue weighted by Crippen LogP contribution is 2.39. The van der Waals surface area contributed by atoms with Gasteiger partial charge in [-0.15, -0.1) is 0 Å². The molecule has 152 valence electrons. The highest BCUT2D eigenvalue weighted by atomic mass is 32.2. The number of sulfonamides is 1. The molecule has 7 heteroatoms. The first-order valence-electron chi connectivity index (χ1n) is 10.5. The Hall–Kier alpha value is -1.73. The van der Waals surface area contributed by atoms with Crippen LogP contribution >= 0.6 is 0 Å². The van der Waals surface area contributed by atoms with Gasteiger partial charge in [-0.1, -0.05) is 25.3 Å². The molecule has 3 fully saturated rings. The molecule has 0 aromatic heterocycles. The van der Waals surface area contributed by atoms with Crippen LogP contribution in [-0.2, 0) is 10.0 Å². The van der Waals surface area contributed by atoms with Crippen LogP contribution in [0, 0.1) is 11.8 Å². The predicted molar refractivity (Wildman–Crippen MR) is 109 cm³/mol. The molecule has 2 aliphatic carbocycles. The lowest BCUT2D eigenvalue weighted by Gasteiger charge is -2.35. The van der Waals surface area contributed by atoms with Gasteiger partial charge in [0.15, 0.2) is 0 Å². The maximum atomic E-state index is 12.7. The van der Waals surface area contributed by atoms with Gasteiger partial charge in [0.05, 0.1) is 4.90 Å². The van der Waals surface area contributed by atoms with Crippen LogP contribution in [0.1, 0.15) is 68.1 Å². The van der Waals surface area contributed by atoms with Crippen molar-refractivity contribution in [2.24, 2.45) is 16.9 Å². The molecular formula is C21H29N3O3S. The van der Waals surface area contributed by atoms with Crippen molar-refractivity contribution in [3.05, 3.63) is 29.8 Å². The number of carbonyl (C=O) groups excluding carboxylic acids is 1. The van der Waals surface area contributed by atoms with Gasteiger partial charge in [0.25, 0.3) is 5.91 Å². The molecule has 0 spiro atoms. The minimum atomic E-state index is -3.53. The first-order chi connectivity index (χ1) is 13.5. The third-order valence-electron chi connectivity index (χ3n) is 6.48. The predicted octanol–water partition coefficient (Wildman–Crippen LogP) is 3.55. The van der Waals surface area contributed by atoms with E-state index in [0.29, 0.717) is 24.6 Å². The zero-order valence-corrected chi connectivity index (χ0v) is 17.1. The molecule has 1 heterocycles. The molecule has 0 bridgehead atoms. The standard InChI is InChI=1S/C21H29N3O3S/c25-21(23-22-19-11-10-16-6-1-2-7-17(16)14-19)18-8-5-9-20(15-18)28(26,27)24-12-3-4-13-24/h5,8-9,15-17H,1-4,6-7,10-14H2,(H,23,25)/b22-19+/t16-,17+/m1/s1. The maximum Gasteiger partial charge on any atom is 0.271 e. The Morgan fingerprint density at radius 1 is 1.04 bits per heavy atom. The first-order valence-corrected chi connectivity index (χ1v) is 11.9. The summed E-state index contributed by atoms with van der Waals surface area (Å²) in [7, 11) is -3.53. The van der Waals surface area contributed by atoms with Crippen LogP contribution in [0.25, 0.3) is 0 Å². The van der Waals surface area contributed by atoms with Crippen LogP contribution in [0.15, 0.2) is 34.3 Å². The lowest BCUT2D eigenvalue weighted by Crippen LogP contribution is -2.30. The smallest absolute Gasteiger partial charge is 0.267 e. The topological polar surface area (TPSA) is 78.8 Å². The van der Waals surface area contributed by atoms with E-state index < -0.39 is 10.0 Å². The fourth-order valence-electron chi connectivity index (χ4n) is 4.86. The molecule has 6 nitrogen and oxygen atoms in total. The minimum absolute atomic E-state index is 0.178. The average Bonchev–Trinajstić information content (AvgIpc) is 3.28. The number of carbonyl (C=O) groups is 1. The van der Waals surface area contributed by atoms with Crippen LogP contribution in [0.5, 0.6) is 0 Å². The number of hydrogen-bond acceptors (Lipinski definition) is 4. The Balaban J connectivity index is 1.42. The Kier molecular flexibility index (Phi) is 5.83. The quantitative estimate of drug-likeness (QED) is 0.781. The van der Waals surface area contributed by atoms with Crippen molar-refractivity contribution in [2.45, 2.75) is 62.7 Å². The van der Waals surface area contributed by atoms with Crippen LogP contribution in [0.2, 0.25) is 0 Å². The average molecular weight is 404 g/mol. The van der Waals surface area contributed by atoms with Gasteiger partial charge in [-0.25, -0.2) is 13.8 Å². The second kappa shape index (κ2) is 8.33. The van der Waals surface area contributed by atoms with E-state index in [9.17, 15) is 13.2 Å². The fourth-order valence-corrected chi connectivity index (χ4v) is 6.42. The summed E-state index contributed by atoms with van der Waals surface area (Å²) in [6.45, 7) is 1.10. The number of nitrogens with zero attached hydrogens (tertiary/aromatic N) is 2. The van der Waals surface area contributed by atoms with Gasteiger partial charge in [-0.05, 0) is 68.6 Å². The lowest BCUT2D eigenvalue weighted by atomic mass is 9.70. The minimum Gasteiger partial charge on any atom is -0.267 e. The van der Waals surface area contributed by atoms with Crippen molar-refractivity contribution in [3.8, 4) is 0 Å². The Morgan fingerprint density at radius 2 is 1.79 bits per heavy atom. The molecule has 3 aliphatic rings. The second-order valence-electron chi connectivity index (χ2n) is 8.31. The van der Waals surface area contributed by atoms with E-state index in [1.54, 1.807) is 18.2 Å². The van der Waals surface area contributed by atoms with Gasteiger partial charge in [0.2, 0.25) is 10.0 Å². The highest BCUT2D eigenvalue weighted by Gasteiger charge is 2.30. The van der Waals surface area contributed by atoms with Crippen molar-refractivity contribution in [1.82, 2.24) is 9.73 Å². The monoisotopic (exact) mass is 403 g/mol. The van der Waals surface area contributed by atoms with Crippen molar-refractivity contribution in [2.75, 3.05) is 13.1 Å². The Morgan fingerprint density at radius 3 is 2.57 bits per heavy atom. The van der Waals surface area contributed by atoms with Gasteiger partial charge in [0, 0.05) is 24.4 Å². The summed E-state index contributed by atoms with van der Waals surface area (Å²) in [5.41, 5.74) is 4.05. The molecule has 1 aliphatic heterocycles. The molecule has 2 saturated carbocycles. The second-order valence-corrected chi connectivity index (χ2v) is 10.2. The van der Waals surface area contributed by atoms with Crippen molar-refractivity contribution < 1.29 is 13.2 Å². The number of benzene rings is 1. The van der Waals surface area contributed by atoms with E-state index in [1.807, 2.05) is 0 Å². The summed E-state index contributed by atoms with van der Waals surface area (Å²) in [4.78, 5) is 12.7. The molecule has 1 aromatic carbocycles. The number of hydrogen-bond donors (Lipinski definition) is 1. The Labute approximate surface area is 167 Å². The van der Waals surface area contributed by atoms with Gasteiger partial charge in [-0.3, -0.25) is 4.79 Å². The zero-order chi connectivity index (χ0) is 19.6. The van der Waals surface area contributed by atoms with Crippen molar-refractivity contribution in [3.63, 3.8) is 0 Å². The van der Waals surface area contributed by atoms with E-state index >= 15 is 0 Å². The molecule has 0 unspecified atom stereocenters. The van der Waals surface area contributed by atoms with Gasteiger partial charge in [-0.2, -0.15) is 9.41 Å². The summed E-state index contributed by atoms with van der Waals surface area (Å²) in [6.07, 6.45) is 10.1. The van der Waals surface area contributed by atoms with Crippen LogP contribution in [-0.4, -0.2) is 37.4 Å². The molecule has 1 aromatic rings. The lowest BCUT2D eigenvalue weighted by molar-refractivity contribution is 0.0954. The van der Waals surface area contributed by atoms with Gasteiger partial charge >= 0.3 is 0 Å². The van der Waals surface area contributed by atoms with Crippen LogP contribution < -0.4 is 5.43 Å². The molecule has 0 radical (unpaired) electrons. The SMILES string of the molecule is O=C(N/N=C1\CC[C@H]2CCCC[C@H]2C1)c1cccc(S(=O)(=O)N2CCCC2)c1. The van der Waals surface area contributed by atoms with E-state index in [1.165, 1.54) is 42.5 Å². The number of hydrazone groups is 1. The van der Waals surface area contributed by atoms with E-state index in [0.717, 1.165) is 37.3 Å². The fraction of sp³-hybridized carbons (Fsp3) is 0.619. The zero-order valence-electron chi connectivity index (χ0n) is 16.3. The molecule has 2 atom stereocenters. The number of nitrogens with one attached hydrogen (secondary N) is 1. The van der Waals surface area contributed by atoms with Crippen LogP contribution in [0.3, 0.4) is 0 Å². The summed E-state index contributed by atoms with van der Waals surface area (Å²) in [6, 6.07) is 6.27. The third-order valence-corrected chi connectivity index (χ3v) is 8.38. The molecule has 28 heavy (non-hydrogen) atoms. The summed E-state index contributed by atoms with van der Waals surface area (Å²) in [5, 5.41) is 4.38. The van der Waals surface area contributed by atoms with E-state index in [2.05, 4.69) is 10.5 Å². The van der Waals surface area contributed by atoms with E-state index in [-0.39, 0.29) is 10.8 Å². The van der Waals surface area contributed by atoms with Crippen molar-refractivity contribution >= 4 is 21.6 Å². The number of rotatable bonds is 4. The highest BCUT2D eigenvalue weighted by molar-refractivity contribution is 7.89.